The largest absolute Gasteiger partial charge is 0.493 e. The maximum absolute atomic E-state index is 14.8. The van der Waals surface area contributed by atoms with Crippen molar-refractivity contribution in [3.05, 3.63) is 129 Å². The summed E-state index contributed by atoms with van der Waals surface area (Å²) in [6, 6.07) is 24.5. The topological polar surface area (TPSA) is 85.3 Å². The van der Waals surface area contributed by atoms with Crippen LogP contribution in [-0.2, 0) is 0 Å². The van der Waals surface area contributed by atoms with Gasteiger partial charge in [-0.25, -0.2) is 0 Å². The van der Waals surface area contributed by atoms with E-state index < -0.39 is 23.4 Å². The SMILES string of the molecule is COc1ccc([C@@H]2[C@H](C(=O)c3ccc(Cl)cc3)N3N=Cc4ccccc4[C@H]3C23C(=O)c2ccccc2C3=O)cc1OC. The van der Waals surface area contributed by atoms with Gasteiger partial charge in [0.15, 0.2) is 28.8 Å². The Labute approximate surface area is 247 Å². The molecule has 1 saturated heterocycles. The van der Waals surface area contributed by atoms with Gasteiger partial charge in [-0.05, 0) is 53.1 Å². The fourth-order valence-electron chi connectivity index (χ4n) is 6.98. The molecule has 1 fully saturated rings. The number of Topliss-reactive ketones (excluding diaryl/α,β-unsaturated/α-hetero) is 3. The number of benzene rings is 4. The predicted molar refractivity (Wildman–Crippen MR) is 158 cm³/mol. The maximum Gasteiger partial charge on any atom is 0.187 e. The zero-order valence-corrected chi connectivity index (χ0v) is 23.5. The average molecular weight is 577 g/mol. The minimum Gasteiger partial charge on any atom is -0.493 e. The first-order valence-corrected chi connectivity index (χ1v) is 13.9. The monoisotopic (exact) mass is 576 g/mol. The molecule has 0 N–H and O–H groups in total. The number of ether oxygens (including phenoxy) is 2. The number of halogens is 1. The standard InChI is InChI=1S/C34H25ClN2O5/c1-41-26-16-13-20(17-27(26)42-2)28-29(30(38)19-11-14-22(35)15-12-19)37-31(23-8-4-3-7-21(23)18-36-37)34(28)32(39)24-9-5-6-10-25(24)33(34)40/h3-18,28-29,31H,1-2H3/t28-,29-,31+/m1/s1. The van der Waals surface area contributed by atoms with Gasteiger partial charge >= 0.3 is 0 Å². The molecule has 4 aromatic carbocycles. The summed E-state index contributed by atoms with van der Waals surface area (Å²) < 4.78 is 11.1. The first kappa shape index (κ1) is 26.2. The summed E-state index contributed by atoms with van der Waals surface area (Å²) in [4.78, 5) is 44.2. The Hall–Kier alpha value is -4.75. The van der Waals surface area contributed by atoms with Crippen molar-refractivity contribution in [1.29, 1.82) is 0 Å². The smallest absolute Gasteiger partial charge is 0.187 e. The van der Waals surface area contributed by atoms with Gasteiger partial charge in [0.05, 0.1) is 26.5 Å². The summed E-state index contributed by atoms with van der Waals surface area (Å²) >= 11 is 6.16. The van der Waals surface area contributed by atoms with Crippen molar-refractivity contribution in [2.75, 3.05) is 14.2 Å². The molecular formula is C34H25ClN2O5. The highest BCUT2D eigenvalue weighted by atomic mass is 35.5. The second-order valence-electron chi connectivity index (χ2n) is 10.6. The Bertz CT molecular complexity index is 1780. The van der Waals surface area contributed by atoms with E-state index in [1.54, 1.807) is 78.0 Å². The van der Waals surface area contributed by atoms with E-state index in [2.05, 4.69) is 0 Å². The van der Waals surface area contributed by atoms with Crippen LogP contribution in [0.5, 0.6) is 11.5 Å². The summed E-state index contributed by atoms with van der Waals surface area (Å²) in [5.74, 6) is -0.927. The van der Waals surface area contributed by atoms with Crippen LogP contribution >= 0.6 is 11.6 Å². The first-order chi connectivity index (χ1) is 20.4. The van der Waals surface area contributed by atoms with Crippen LogP contribution < -0.4 is 9.47 Å². The van der Waals surface area contributed by atoms with Gasteiger partial charge in [-0.3, -0.25) is 19.4 Å². The lowest BCUT2D eigenvalue weighted by Gasteiger charge is -2.36. The number of rotatable bonds is 5. The molecule has 0 saturated carbocycles. The van der Waals surface area contributed by atoms with Crippen molar-refractivity contribution in [2.24, 2.45) is 10.5 Å². The van der Waals surface area contributed by atoms with Crippen molar-refractivity contribution >= 4 is 35.2 Å². The summed E-state index contributed by atoms with van der Waals surface area (Å²) in [6.45, 7) is 0. The number of hydrogen-bond acceptors (Lipinski definition) is 7. The van der Waals surface area contributed by atoms with Gasteiger partial charge in [0.1, 0.15) is 11.5 Å². The van der Waals surface area contributed by atoms with E-state index in [0.29, 0.717) is 38.8 Å². The minimum absolute atomic E-state index is 0.276. The Morgan fingerprint density at radius 3 is 2.14 bits per heavy atom. The molecule has 0 amide bonds. The highest BCUT2D eigenvalue weighted by Gasteiger charge is 2.72. The van der Waals surface area contributed by atoms with Crippen molar-refractivity contribution in [3.8, 4) is 11.5 Å². The molecule has 2 heterocycles. The summed E-state index contributed by atoms with van der Waals surface area (Å²) in [7, 11) is 3.06. The van der Waals surface area contributed by atoms with Crippen LogP contribution in [0, 0.1) is 5.41 Å². The molecule has 42 heavy (non-hydrogen) atoms. The first-order valence-electron chi connectivity index (χ1n) is 13.5. The van der Waals surface area contributed by atoms with Crippen molar-refractivity contribution < 1.29 is 23.9 Å². The number of carbonyl (C=O) groups is 3. The Morgan fingerprint density at radius 1 is 0.833 bits per heavy atom. The lowest BCUT2D eigenvalue weighted by Crippen LogP contribution is -2.43. The number of hydrazone groups is 1. The van der Waals surface area contributed by atoms with Crippen LogP contribution in [0.2, 0.25) is 5.02 Å². The van der Waals surface area contributed by atoms with E-state index in [1.807, 2.05) is 24.3 Å². The molecule has 208 valence electrons. The number of ketones is 3. The van der Waals surface area contributed by atoms with Crippen molar-refractivity contribution in [1.82, 2.24) is 5.01 Å². The fourth-order valence-corrected chi connectivity index (χ4v) is 7.11. The minimum atomic E-state index is -1.68. The average Bonchev–Trinajstić information content (AvgIpc) is 3.46. The van der Waals surface area contributed by atoms with E-state index in [1.165, 1.54) is 14.2 Å². The van der Waals surface area contributed by atoms with Crippen LogP contribution in [0.1, 0.15) is 59.7 Å². The van der Waals surface area contributed by atoms with Crippen LogP contribution in [0.15, 0.2) is 96.1 Å². The van der Waals surface area contributed by atoms with Gasteiger partial charge in [-0.2, -0.15) is 5.10 Å². The molecule has 0 unspecified atom stereocenters. The molecule has 4 aromatic rings. The van der Waals surface area contributed by atoms with Gasteiger partial charge in [0, 0.05) is 27.6 Å². The molecule has 7 rings (SSSR count). The molecule has 8 heteroatoms. The molecule has 0 aromatic heterocycles. The van der Waals surface area contributed by atoms with Crippen LogP contribution in [0.4, 0.5) is 0 Å². The number of fused-ring (bicyclic) bond motifs is 5. The second-order valence-corrected chi connectivity index (χ2v) is 11.1. The van der Waals surface area contributed by atoms with Crippen LogP contribution in [-0.4, -0.2) is 48.8 Å². The van der Waals surface area contributed by atoms with Gasteiger partial charge in [-0.15, -0.1) is 0 Å². The third kappa shape index (κ3) is 3.46. The fraction of sp³-hybridized carbons (Fsp3) is 0.176. The van der Waals surface area contributed by atoms with E-state index in [-0.39, 0.29) is 17.3 Å². The Kier molecular flexibility index (Phi) is 6.02. The van der Waals surface area contributed by atoms with E-state index in [0.717, 1.165) is 11.1 Å². The lowest BCUT2D eigenvalue weighted by molar-refractivity contribution is 0.0586. The number of hydrogen-bond donors (Lipinski definition) is 0. The third-order valence-corrected chi connectivity index (χ3v) is 8.99. The van der Waals surface area contributed by atoms with E-state index in [9.17, 15) is 14.4 Å². The third-order valence-electron chi connectivity index (χ3n) is 8.74. The molecule has 1 aliphatic carbocycles. The Balaban J connectivity index is 1.55. The molecule has 3 atom stereocenters. The number of methoxy groups -OCH3 is 2. The maximum atomic E-state index is 14.8. The number of carbonyl (C=O) groups excluding carboxylic acids is 3. The summed E-state index contributed by atoms with van der Waals surface area (Å²) in [5.41, 5.74) is 1.56. The lowest BCUT2D eigenvalue weighted by atomic mass is 9.63. The predicted octanol–water partition coefficient (Wildman–Crippen LogP) is 6.16. The quantitative estimate of drug-likeness (QED) is 0.209. The van der Waals surface area contributed by atoms with Crippen molar-refractivity contribution in [3.63, 3.8) is 0 Å². The highest BCUT2D eigenvalue weighted by Crippen LogP contribution is 2.65. The molecule has 2 aliphatic heterocycles. The molecule has 7 nitrogen and oxygen atoms in total. The summed E-state index contributed by atoms with van der Waals surface area (Å²) in [6.07, 6.45) is 1.69. The molecular weight excluding hydrogens is 552 g/mol. The van der Waals surface area contributed by atoms with Gasteiger partial charge in [0.25, 0.3) is 0 Å². The van der Waals surface area contributed by atoms with Crippen molar-refractivity contribution in [2.45, 2.75) is 18.0 Å². The zero-order chi connectivity index (χ0) is 29.2. The number of nitrogens with zero attached hydrogens (tertiary/aromatic N) is 2. The molecule has 0 radical (unpaired) electrons. The molecule has 1 spiro atoms. The highest BCUT2D eigenvalue weighted by molar-refractivity contribution is 6.32. The van der Waals surface area contributed by atoms with Crippen LogP contribution in [0.3, 0.4) is 0 Å². The molecule has 3 aliphatic rings. The van der Waals surface area contributed by atoms with Crippen LogP contribution in [0.25, 0.3) is 0 Å². The van der Waals surface area contributed by atoms with E-state index >= 15 is 0 Å². The zero-order valence-electron chi connectivity index (χ0n) is 22.8. The molecule has 0 bridgehead atoms. The van der Waals surface area contributed by atoms with Gasteiger partial charge in [0.2, 0.25) is 0 Å². The normalized spacial score (nSPS) is 21.2. The van der Waals surface area contributed by atoms with E-state index in [4.69, 9.17) is 26.2 Å². The second kappa shape index (κ2) is 9.67. The van der Waals surface area contributed by atoms with Gasteiger partial charge < -0.3 is 9.47 Å². The summed E-state index contributed by atoms with van der Waals surface area (Å²) in [5, 5.41) is 6.94. The Morgan fingerprint density at radius 2 is 1.48 bits per heavy atom. The van der Waals surface area contributed by atoms with Gasteiger partial charge in [-0.1, -0.05) is 66.2 Å².